The van der Waals surface area contributed by atoms with E-state index in [0.29, 0.717) is 63.8 Å². The number of carboxylic acid groups (broad SMARTS) is 1. The SMILES string of the molecule is CC(C)C1NC(=O)[C@@H](C)NC(=O)CCCN(C(=O)C2CCOCC2)CCn2nc(-c3ccccc3)nc21.O=CO. The van der Waals surface area contributed by atoms with Gasteiger partial charge in [0, 0.05) is 44.2 Å². The average Bonchev–Trinajstić information content (AvgIpc) is 3.37. The van der Waals surface area contributed by atoms with Crippen LogP contribution in [-0.4, -0.2) is 81.3 Å². The standard InChI is InChI=1S/C27H38N6O4.CH2O2/c1-18(2)23-25-30-24(20-8-5-4-6-9-20)31-33(25)15-14-32(27(36)21-11-16-37-17-12-21)13-7-10-22(34)28-19(3)26(35)29-23;2-1-3/h4-6,8-9,18-19,21,23H,7,10-17H2,1-3H3,(H,28,34)(H,29,35);1H,(H,2,3)/t19-,23?;/m1./s1. The maximum Gasteiger partial charge on any atom is 0.290 e. The number of hydrogen-bond donors (Lipinski definition) is 3. The molecule has 218 valence electrons. The molecule has 2 aromatic rings. The van der Waals surface area contributed by atoms with E-state index in [9.17, 15) is 14.4 Å². The first kappa shape index (κ1) is 30.7. The molecule has 4 rings (SSSR count). The fourth-order valence-corrected chi connectivity index (χ4v) is 4.83. The zero-order valence-corrected chi connectivity index (χ0v) is 23.4. The lowest BCUT2D eigenvalue weighted by atomic mass is 9.98. The zero-order valence-electron chi connectivity index (χ0n) is 23.4. The molecule has 1 aromatic carbocycles. The first-order valence-corrected chi connectivity index (χ1v) is 13.8. The number of carbonyl (C=O) groups is 4. The highest BCUT2D eigenvalue weighted by atomic mass is 16.5. The third kappa shape index (κ3) is 8.35. The molecule has 40 heavy (non-hydrogen) atoms. The Kier molecular flexibility index (Phi) is 11.6. The van der Waals surface area contributed by atoms with Crippen LogP contribution in [0.1, 0.15) is 58.3 Å². The van der Waals surface area contributed by atoms with E-state index < -0.39 is 12.1 Å². The maximum absolute atomic E-state index is 13.4. The van der Waals surface area contributed by atoms with Crippen molar-refractivity contribution in [3.8, 4) is 11.4 Å². The fraction of sp³-hybridized carbons (Fsp3) is 0.571. The van der Waals surface area contributed by atoms with Gasteiger partial charge in [-0.3, -0.25) is 19.2 Å². The molecular formula is C28H40N6O6. The van der Waals surface area contributed by atoms with E-state index in [1.165, 1.54) is 0 Å². The first-order valence-electron chi connectivity index (χ1n) is 13.8. The summed E-state index contributed by atoms with van der Waals surface area (Å²) in [6.45, 7) is 7.98. The lowest BCUT2D eigenvalue weighted by molar-refractivity contribution is -0.139. The van der Waals surface area contributed by atoms with E-state index >= 15 is 0 Å². The summed E-state index contributed by atoms with van der Waals surface area (Å²) in [6.07, 6.45) is 2.18. The molecule has 1 aromatic heterocycles. The number of carbonyl (C=O) groups excluding carboxylic acids is 3. The van der Waals surface area contributed by atoms with Crippen molar-refractivity contribution in [3.05, 3.63) is 36.2 Å². The summed E-state index contributed by atoms with van der Waals surface area (Å²) in [5, 5.41) is 17.6. The predicted octanol–water partition coefficient (Wildman–Crippen LogP) is 2.01. The highest BCUT2D eigenvalue weighted by Gasteiger charge is 2.30. The van der Waals surface area contributed by atoms with Crippen LogP contribution in [0.2, 0.25) is 0 Å². The van der Waals surface area contributed by atoms with E-state index in [-0.39, 0.29) is 42.5 Å². The smallest absolute Gasteiger partial charge is 0.290 e. The van der Waals surface area contributed by atoms with Crippen LogP contribution in [0.15, 0.2) is 30.3 Å². The summed E-state index contributed by atoms with van der Waals surface area (Å²) >= 11 is 0. The van der Waals surface area contributed by atoms with Crippen molar-refractivity contribution in [1.29, 1.82) is 0 Å². The molecule has 2 atom stereocenters. The summed E-state index contributed by atoms with van der Waals surface area (Å²) in [5.41, 5.74) is 0.880. The molecule has 2 aliphatic heterocycles. The Labute approximate surface area is 234 Å². The largest absolute Gasteiger partial charge is 0.483 e. The lowest BCUT2D eigenvalue weighted by Crippen LogP contribution is -2.48. The third-order valence-electron chi connectivity index (χ3n) is 7.04. The number of hydrogen-bond acceptors (Lipinski definition) is 7. The Bertz CT molecular complexity index is 1130. The van der Waals surface area contributed by atoms with Crippen molar-refractivity contribution < 1.29 is 29.0 Å². The second-order valence-electron chi connectivity index (χ2n) is 10.3. The number of aromatic nitrogens is 3. The quantitative estimate of drug-likeness (QED) is 0.485. The monoisotopic (exact) mass is 556 g/mol. The molecule has 1 fully saturated rings. The van der Waals surface area contributed by atoms with Gasteiger partial charge in [0.2, 0.25) is 17.7 Å². The van der Waals surface area contributed by atoms with Gasteiger partial charge >= 0.3 is 0 Å². The van der Waals surface area contributed by atoms with E-state index in [0.717, 1.165) is 5.56 Å². The summed E-state index contributed by atoms with van der Waals surface area (Å²) < 4.78 is 7.28. The molecule has 0 bridgehead atoms. The second-order valence-corrected chi connectivity index (χ2v) is 10.3. The van der Waals surface area contributed by atoms with Crippen LogP contribution in [0.3, 0.4) is 0 Å². The van der Waals surface area contributed by atoms with Gasteiger partial charge in [-0.05, 0) is 32.1 Å². The van der Waals surface area contributed by atoms with Crippen LogP contribution in [0.4, 0.5) is 0 Å². The van der Waals surface area contributed by atoms with Crippen LogP contribution in [0, 0.1) is 11.8 Å². The van der Waals surface area contributed by atoms with Crippen molar-refractivity contribution in [2.24, 2.45) is 11.8 Å². The third-order valence-corrected chi connectivity index (χ3v) is 7.04. The van der Waals surface area contributed by atoms with Gasteiger partial charge in [-0.15, -0.1) is 0 Å². The van der Waals surface area contributed by atoms with Crippen molar-refractivity contribution in [3.63, 3.8) is 0 Å². The van der Waals surface area contributed by atoms with Gasteiger partial charge in [-0.1, -0.05) is 44.2 Å². The molecule has 1 saturated heterocycles. The predicted molar refractivity (Wildman–Crippen MR) is 147 cm³/mol. The second kappa shape index (κ2) is 15.1. The first-order chi connectivity index (χ1) is 19.2. The highest BCUT2D eigenvalue weighted by Crippen LogP contribution is 2.25. The normalized spacial score (nSPS) is 21.2. The highest BCUT2D eigenvalue weighted by molar-refractivity contribution is 5.87. The molecule has 2 aliphatic rings. The molecule has 3 amide bonds. The number of rotatable bonds is 3. The van der Waals surface area contributed by atoms with Gasteiger partial charge in [-0.25, -0.2) is 9.67 Å². The van der Waals surface area contributed by atoms with Crippen LogP contribution >= 0.6 is 0 Å². The summed E-state index contributed by atoms with van der Waals surface area (Å²) in [7, 11) is 0. The van der Waals surface area contributed by atoms with E-state index in [1.54, 1.807) is 6.92 Å². The van der Waals surface area contributed by atoms with Crippen molar-refractivity contribution in [1.82, 2.24) is 30.3 Å². The Hall–Kier alpha value is -3.80. The number of ether oxygens (including phenoxy) is 1. The number of benzene rings is 1. The van der Waals surface area contributed by atoms with E-state index in [4.69, 9.17) is 24.7 Å². The van der Waals surface area contributed by atoms with E-state index in [1.807, 2.05) is 53.8 Å². The number of amides is 3. The molecule has 3 N–H and O–H groups in total. The number of fused-ring (bicyclic) bond motifs is 1. The van der Waals surface area contributed by atoms with Crippen LogP contribution in [0.25, 0.3) is 11.4 Å². The van der Waals surface area contributed by atoms with E-state index in [2.05, 4.69) is 10.6 Å². The number of nitrogens with zero attached hydrogens (tertiary/aromatic N) is 4. The molecule has 0 aliphatic carbocycles. The van der Waals surface area contributed by atoms with Gasteiger partial charge in [0.1, 0.15) is 6.04 Å². The Balaban J connectivity index is 0.00000141. The summed E-state index contributed by atoms with van der Waals surface area (Å²) in [5.74, 6) is 0.790. The molecule has 12 heteroatoms. The Morgan fingerprint density at radius 2 is 1.77 bits per heavy atom. The minimum Gasteiger partial charge on any atom is -0.483 e. The number of nitrogens with one attached hydrogen (secondary N) is 2. The van der Waals surface area contributed by atoms with Crippen LogP contribution in [0.5, 0.6) is 0 Å². The topological polar surface area (TPSA) is 156 Å². The molecule has 1 unspecified atom stereocenters. The van der Waals surface area contributed by atoms with Gasteiger partial charge < -0.3 is 25.4 Å². The average molecular weight is 557 g/mol. The molecule has 3 heterocycles. The molecule has 12 nitrogen and oxygen atoms in total. The minimum atomic E-state index is -0.693. The molecule has 0 saturated carbocycles. The van der Waals surface area contributed by atoms with Crippen molar-refractivity contribution >= 4 is 24.2 Å². The lowest BCUT2D eigenvalue weighted by Gasteiger charge is -2.30. The molecule has 0 spiro atoms. The maximum atomic E-state index is 13.4. The Morgan fingerprint density at radius 1 is 1.10 bits per heavy atom. The Morgan fingerprint density at radius 3 is 2.42 bits per heavy atom. The molecular weight excluding hydrogens is 516 g/mol. The van der Waals surface area contributed by atoms with Gasteiger partial charge in [0.05, 0.1) is 12.6 Å². The van der Waals surface area contributed by atoms with Gasteiger partial charge in [-0.2, -0.15) is 5.10 Å². The van der Waals surface area contributed by atoms with Crippen LogP contribution in [-0.2, 0) is 30.5 Å². The van der Waals surface area contributed by atoms with Crippen molar-refractivity contribution in [2.45, 2.75) is 65.1 Å². The van der Waals surface area contributed by atoms with Crippen molar-refractivity contribution in [2.75, 3.05) is 26.3 Å². The molecule has 0 radical (unpaired) electrons. The summed E-state index contributed by atoms with van der Waals surface area (Å²) in [6, 6.07) is 8.61. The minimum absolute atomic E-state index is 0.0197. The zero-order chi connectivity index (χ0) is 29.1. The van der Waals surface area contributed by atoms with Gasteiger partial charge in [0.15, 0.2) is 11.6 Å². The fourth-order valence-electron chi connectivity index (χ4n) is 4.83. The van der Waals surface area contributed by atoms with Crippen LogP contribution < -0.4 is 10.6 Å². The van der Waals surface area contributed by atoms with Gasteiger partial charge in [0.25, 0.3) is 6.47 Å². The summed E-state index contributed by atoms with van der Waals surface area (Å²) in [4.78, 5) is 54.0.